The molecule has 2 aliphatic heterocycles. The Morgan fingerprint density at radius 2 is 1.76 bits per heavy atom. The highest BCUT2D eigenvalue weighted by Gasteiger charge is 2.38. The van der Waals surface area contributed by atoms with Crippen LogP contribution >= 0.6 is 0 Å². The Kier molecular flexibility index (Phi) is 6.44. The molecule has 2 aromatic rings. The third-order valence-corrected chi connectivity index (χ3v) is 6.21. The molecule has 4 rings (SSSR count). The maximum absolute atomic E-state index is 13.1. The first-order valence-electron chi connectivity index (χ1n) is 11.1. The van der Waals surface area contributed by atoms with Gasteiger partial charge < -0.3 is 14.5 Å². The van der Waals surface area contributed by atoms with Crippen molar-refractivity contribution < 1.29 is 27.5 Å². The molecule has 0 spiro atoms. The molecule has 2 aromatic heterocycles. The second-order valence-electron chi connectivity index (χ2n) is 9.10. The molecule has 4 heterocycles. The van der Waals surface area contributed by atoms with Crippen LogP contribution in [0.3, 0.4) is 0 Å². The number of alkyl halides is 3. The number of nitrogens with zero attached hydrogens (tertiary/aromatic N) is 6. The van der Waals surface area contributed by atoms with Crippen molar-refractivity contribution in [1.29, 1.82) is 0 Å². The Bertz CT molecular complexity index is 1010. The van der Waals surface area contributed by atoms with Gasteiger partial charge in [0.15, 0.2) is 12.3 Å². The van der Waals surface area contributed by atoms with Gasteiger partial charge in [0.2, 0.25) is 0 Å². The van der Waals surface area contributed by atoms with Crippen molar-refractivity contribution in [3.63, 3.8) is 0 Å². The minimum Gasteiger partial charge on any atom is -0.455 e. The molecule has 180 valence electrons. The standard InChI is InChI=1S/C21H27F3N6O3/c1-13-9-14(2)11-29(10-13)18(31)12-33-19(32)15-5-7-28(8-6-15)17-4-3-16-25-26-20(21(22,23)24)30(16)27-17/h3-4,13-15H,5-12H2,1-2H3. The van der Waals surface area contributed by atoms with Gasteiger partial charge in [0, 0.05) is 26.2 Å². The number of ether oxygens (including phenoxy) is 1. The van der Waals surface area contributed by atoms with E-state index in [0.29, 0.717) is 61.2 Å². The summed E-state index contributed by atoms with van der Waals surface area (Å²) in [5.41, 5.74) is 0.00620. The lowest BCUT2D eigenvalue weighted by molar-refractivity contribution is -0.157. The van der Waals surface area contributed by atoms with Gasteiger partial charge >= 0.3 is 12.1 Å². The fraction of sp³-hybridized carbons (Fsp3) is 0.667. The largest absolute Gasteiger partial charge is 0.455 e. The van der Waals surface area contributed by atoms with Crippen molar-refractivity contribution in [3.05, 3.63) is 18.0 Å². The third kappa shape index (κ3) is 5.19. The van der Waals surface area contributed by atoms with Crippen LogP contribution in [0.25, 0.3) is 5.65 Å². The van der Waals surface area contributed by atoms with Gasteiger partial charge in [0.25, 0.3) is 11.7 Å². The molecular formula is C21H27F3N6O3. The second kappa shape index (κ2) is 9.14. The van der Waals surface area contributed by atoms with Gasteiger partial charge in [-0.05, 0) is 43.2 Å². The summed E-state index contributed by atoms with van der Waals surface area (Å²) in [6.45, 7) is 6.17. The molecule has 2 fully saturated rings. The molecule has 0 saturated carbocycles. The first-order chi connectivity index (χ1) is 15.6. The van der Waals surface area contributed by atoms with E-state index in [0.717, 1.165) is 6.42 Å². The van der Waals surface area contributed by atoms with Gasteiger partial charge in [-0.1, -0.05) is 13.8 Å². The summed E-state index contributed by atoms with van der Waals surface area (Å²) in [5, 5.41) is 10.7. The highest BCUT2D eigenvalue weighted by molar-refractivity contribution is 5.81. The number of likely N-dealkylation sites (tertiary alicyclic amines) is 1. The van der Waals surface area contributed by atoms with Gasteiger partial charge in [-0.2, -0.15) is 17.7 Å². The molecule has 2 atom stereocenters. The molecule has 0 N–H and O–H groups in total. The van der Waals surface area contributed by atoms with Gasteiger partial charge in [-0.3, -0.25) is 9.59 Å². The Morgan fingerprint density at radius 3 is 2.39 bits per heavy atom. The van der Waals surface area contributed by atoms with Crippen LogP contribution < -0.4 is 4.90 Å². The predicted molar refractivity (Wildman–Crippen MR) is 111 cm³/mol. The zero-order valence-corrected chi connectivity index (χ0v) is 18.6. The zero-order valence-electron chi connectivity index (χ0n) is 18.6. The average molecular weight is 468 g/mol. The van der Waals surface area contributed by atoms with Crippen molar-refractivity contribution in [1.82, 2.24) is 24.7 Å². The minimum absolute atomic E-state index is 0.00620. The van der Waals surface area contributed by atoms with Crippen LogP contribution in [0.1, 0.15) is 38.9 Å². The lowest BCUT2D eigenvalue weighted by Gasteiger charge is -2.35. The average Bonchev–Trinajstić information content (AvgIpc) is 3.20. The summed E-state index contributed by atoms with van der Waals surface area (Å²) < 4.78 is 45.3. The van der Waals surface area contributed by atoms with E-state index in [1.54, 1.807) is 11.0 Å². The highest BCUT2D eigenvalue weighted by Crippen LogP contribution is 2.29. The number of halogens is 3. The number of esters is 1. The van der Waals surface area contributed by atoms with E-state index in [1.807, 2.05) is 4.90 Å². The molecule has 1 amide bonds. The summed E-state index contributed by atoms with van der Waals surface area (Å²) in [7, 11) is 0. The van der Waals surface area contributed by atoms with Gasteiger partial charge in [-0.25, -0.2) is 0 Å². The molecule has 0 bridgehead atoms. The van der Waals surface area contributed by atoms with E-state index in [4.69, 9.17) is 4.74 Å². The molecule has 2 unspecified atom stereocenters. The second-order valence-corrected chi connectivity index (χ2v) is 9.10. The van der Waals surface area contributed by atoms with Gasteiger partial charge in [-0.15, -0.1) is 15.3 Å². The van der Waals surface area contributed by atoms with Crippen LogP contribution in [0.4, 0.5) is 19.0 Å². The number of rotatable bonds is 4. The van der Waals surface area contributed by atoms with Gasteiger partial charge in [0.05, 0.1) is 5.92 Å². The Labute approximate surface area is 188 Å². The number of anilines is 1. The Balaban J connectivity index is 1.30. The molecule has 2 saturated heterocycles. The van der Waals surface area contributed by atoms with Crippen LogP contribution in [0.5, 0.6) is 0 Å². The molecule has 9 nitrogen and oxygen atoms in total. The van der Waals surface area contributed by atoms with Crippen molar-refractivity contribution >= 4 is 23.3 Å². The quantitative estimate of drug-likeness (QED) is 0.637. The van der Waals surface area contributed by atoms with E-state index < -0.39 is 18.0 Å². The number of hydrogen-bond acceptors (Lipinski definition) is 7. The lowest BCUT2D eigenvalue weighted by atomic mass is 9.92. The Hall–Kier alpha value is -2.92. The van der Waals surface area contributed by atoms with E-state index in [2.05, 4.69) is 29.1 Å². The summed E-state index contributed by atoms with van der Waals surface area (Å²) >= 11 is 0. The minimum atomic E-state index is -4.66. The normalized spacial score (nSPS) is 22.6. The van der Waals surface area contributed by atoms with Crippen molar-refractivity contribution in [3.8, 4) is 0 Å². The van der Waals surface area contributed by atoms with E-state index in [-0.39, 0.29) is 24.1 Å². The number of piperidine rings is 2. The molecule has 12 heteroatoms. The Morgan fingerprint density at radius 1 is 1.09 bits per heavy atom. The monoisotopic (exact) mass is 468 g/mol. The first kappa shape index (κ1) is 23.2. The number of aromatic nitrogens is 4. The maximum Gasteiger partial charge on any atom is 0.453 e. The van der Waals surface area contributed by atoms with E-state index in [1.165, 1.54) is 6.07 Å². The van der Waals surface area contributed by atoms with Crippen LogP contribution in [0.15, 0.2) is 12.1 Å². The third-order valence-electron chi connectivity index (χ3n) is 6.21. The fourth-order valence-electron chi connectivity index (χ4n) is 4.68. The predicted octanol–water partition coefficient (Wildman–Crippen LogP) is 2.41. The smallest absolute Gasteiger partial charge is 0.453 e. The van der Waals surface area contributed by atoms with E-state index in [9.17, 15) is 22.8 Å². The van der Waals surface area contributed by atoms with Crippen LogP contribution in [-0.2, 0) is 20.5 Å². The van der Waals surface area contributed by atoms with Crippen molar-refractivity contribution in [2.45, 2.75) is 39.3 Å². The fourth-order valence-corrected chi connectivity index (χ4v) is 4.68. The number of carbonyl (C=O) groups excluding carboxylic acids is 2. The lowest BCUT2D eigenvalue weighted by Crippen LogP contribution is -2.45. The molecular weight excluding hydrogens is 441 g/mol. The molecule has 2 aliphatic rings. The van der Waals surface area contributed by atoms with Crippen LogP contribution in [-0.4, -0.2) is 69.4 Å². The summed E-state index contributed by atoms with van der Waals surface area (Å²) in [5.74, 6) is -0.929. The van der Waals surface area contributed by atoms with Crippen molar-refractivity contribution in [2.24, 2.45) is 17.8 Å². The molecule has 33 heavy (non-hydrogen) atoms. The summed E-state index contributed by atoms with van der Waals surface area (Å²) in [4.78, 5) is 28.5. The summed E-state index contributed by atoms with van der Waals surface area (Å²) in [6, 6.07) is 3.01. The molecule has 0 aromatic carbocycles. The summed E-state index contributed by atoms with van der Waals surface area (Å²) in [6.07, 6.45) is -2.67. The van der Waals surface area contributed by atoms with Crippen LogP contribution in [0, 0.1) is 17.8 Å². The number of hydrogen-bond donors (Lipinski definition) is 0. The maximum atomic E-state index is 13.1. The molecule has 0 aliphatic carbocycles. The SMILES string of the molecule is CC1CC(C)CN(C(=O)COC(=O)C2CCN(c3ccc4nnc(C(F)(F)F)n4n3)CC2)C1. The van der Waals surface area contributed by atoms with Gasteiger partial charge in [0.1, 0.15) is 5.82 Å². The first-order valence-corrected chi connectivity index (χ1v) is 11.1. The van der Waals surface area contributed by atoms with Crippen molar-refractivity contribution in [2.75, 3.05) is 37.7 Å². The topological polar surface area (TPSA) is 92.9 Å². The van der Waals surface area contributed by atoms with E-state index >= 15 is 0 Å². The number of fused-ring (bicyclic) bond motifs is 1. The zero-order chi connectivity index (χ0) is 23.8. The number of carbonyl (C=O) groups is 2. The molecule has 0 radical (unpaired) electrons. The van der Waals surface area contributed by atoms with Crippen LogP contribution in [0.2, 0.25) is 0 Å². The number of amides is 1. The highest BCUT2D eigenvalue weighted by atomic mass is 19.4.